The second kappa shape index (κ2) is 34.3. The molecule has 1 aliphatic heterocycles. The van der Waals surface area contributed by atoms with Crippen molar-refractivity contribution in [3.8, 4) is 0 Å². The van der Waals surface area contributed by atoms with Crippen molar-refractivity contribution in [1.29, 1.82) is 0 Å². The van der Waals surface area contributed by atoms with Crippen LogP contribution in [0.4, 0.5) is 0 Å². The molecule has 0 aromatic rings. The van der Waals surface area contributed by atoms with Crippen molar-refractivity contribution in [2.75, 3.05) is 77.4 Å². The first kappa shape index (κ1) is 55.8. The van der Waals surface area contributed by atoms with Crippen LogP contribution in [-0.4, -0.2) is 153 Å². The largest absolute Gasteiger partial charge is 0.379 e. The summed E-state index contributed by atoms with van der Waals surface area (Å²) in [4.78, 5) is 108. The van der Waals surface area contributed by atoms with E-state index in [2.05, 4.69) is 20.9 Å². The third-order valence-corrected chi connectivity index (χ3v) is 12.1. The molecule has 17 nitrogen and oxygen atoms in total. The van der Waals surface area contributed by atoms with Gasteiger partial charge in [-0.1, -0.05) is 38.5 Å². The van der Waals surface area contributed by atoms with Crippen molar-refractivity contribution >= 4 is 75.8 Å². The van der Waals surface area contributed by atoms with Gasteiger partial charge in [-0.25, -0.2) is 0 Å². The molecule has 0 saturated carbocycles. The highest BCUT2D eigenvalue weighted by Gasteiger charge is 2.29. The molecule has 1 fully saturated rings. The van der Waals surface area contributed by atoms with Gasteiger partial charge in [0.15, 0.2) is 22.6 Å². The number of aldehydes is 1. The Morgan fingerprint density at radius 1 is 0.984 bits per heavy atom. The lowest BCUT2D eigenvalue weighted by molar-refractivity contribution is -0.130. The number of nitrogens with zero attached hydrogens (tertiary/aromatic N) is 2. The van der Waals surface area contributed by atoms with Crippen molar-refractivity contribution in [3.63, 3.8) is 0 Å². The molecule has 7 N–H and O–H groups in total. The van der Waals surface area contributed by atoms with Gasteiger partial charge in [-0.2, -0.15) is 11.8 Å². The number of nitrogens with one attached hydrogen (secondary N) is 3. The normalized spacial score (nSPS) is 19.7. The predicted octanol–water partition coefficient (Wildman–Crippen LogP) is 2.00. The van der Waals surface area contributed by atoms with Gasteiger partial charge in [0, 0.05) is 63.5 Å². The maximum absolute atomic E-state index is 13.8. The number of aliphatic imine (C=N–C) groups is 1. The Morgan fingerprint density at radius 3 is 2.41 bits per heavy atom. The summed E-state index contributed by atoms with van der Waals surface area (Å²) in [5, 5.41) is 8.63. The van der Waals surface area contributed by atoms with E-state index in [1.54, 1.807) is 11.9 Å². The van der Waals surface area contributed by atoms with Crippen molar-refractivity contribution in [2.24, 2.45) is 28.3 Å². The van der Waals surface area contributed by atoms with E-state index in [9.17, 15) is 38.4 Å². The third-order valence-electron chi connectivity index (χ3n) is 10.5. The number of ketones is 4. The lowest BCUT2D eigenvalue weighted by Crippen LogP contribution is -2.47. The number of carbonyl (C=O) groups excluding carboxylic acids is 8. The minimum atomic E-state index is -0.796. The van der Waals surface area contributed by atoms with E-state index in [0.717, 1.165) is 18.0 Å². The zero-order valence-corrected chi connectivity index (χ0v) is 38.5. The van der Waals surface area contributed by atoms with E-state index in [4.69, 9.17) is 20.9 Å². The van der Waals surface area contributed by atoms with Crippen LogP contribution in [0, 0.1) is 11.8 Å². The van der Waals surface area contributed by atoms with E-state index in [1.807, 2.05) is 20.1 Å². The van der Waals surface area contributed by atoms with Crippen molar-refractivity contribution in [2.45, 2.75) is 122 Å². The lowest BCUT2D eigenvalue weighted by Gasteiger charge is -2.26. The number of amides is 2. The summed E-state index contributed by atoms with van der Waals surface area (Å²) in [5.74, 6) is -0.890. The van der Waals surface area contributed by atoms with Crippen LogP contribution < -0.4 is 27.4 Å². The topological polar surface area (TPSA) is 259 Å². The summed E-state index contributed by atoms with van der Waals surface area (Å²) in [6.07, 6.45) is 7.70. The van der Waals surface area contributed by atoms with Gasteiger partial charge >= 0.3 is 0 Å². The Morgan fingerprint density at radius 2 is 1.72 bits per heavy atom. The number of hydrogen-bond donors (Lipinski definition) is 5. The Kier molecular flexibility index (Phi) is 31.4. The Hall–Kier alpha value is -3.23. The fourth-order valence-electron chi connectivity index (χ4n) is 6.58. The molecular weight excluding hydrogens is 827 g/mol. The van der Waals surface area contributed by atoms with Gasteiger partial charge in [-0.15, -0.1) is 0 Å². The number of nitrogens with two attached hydrogens (primary N) is 2. The van der Waals surface area contributed by atoms with Gasteiger partial charge in [-0.3, -0.25) is 43.5 Å². The summed E-state index contributed by atoms with van der Waals surface area (Å²) in [5.41, 5.74) is 10.8. The lowest BCUT2D eigenvalue weighted by atomic mass is 9.87. The average molecular weight is 900 g/mol. The van der Waals surface area contributed by atoms with Gasteiger partial charge in [0.05, 0.1) is 56.8 Å². The molecule has 0 aromatic carbocycles. The van der Waals surface area contributed by atoms with Crippen LogP contribution in [-0.2, 0) is 47.8 Å². The molecule has 5 atom stereocenters. The van der Waals surface area contributed by atoms with E-state index in [-0.39, 0.29) is 110 Å². The Labute approximate surface area is 370 Å². The molecule has 1 aliphatic rings. The monoisotopic (exact) mass is 899 g/mol. The molecular formula is C42H73N7O10S2. The maximum Gasteiger partial charge on any atom is 0.222 e. The number of Topliss-reactive ketones (excluding diaryl/α,β-unsaturated/α-hetero) is 4. The van der Waals surface area contributed by atoms with Crippen molar-refractivity contribution in [1.82, 2.24) is 20.9 Å². The number of hydrogen-bond acceptors (Lipinski definition) is 15. The smallest absolute Gasteiger partial charge is 0.222 e. The summed E-state index contributed by atoms with van der Waals surface area (Å²) in [6, 6.07) is -2.11. The summed E-state index contributed by atoms with van der Waals surface area (Å²) < 4.78 is 11.0. The first-order chi connectivity index (χ1) is 29.2. The molecule has 1 heterocycles. The first-order valence-corrected chi connectivity index (χ1v) is 24.0. The second-order valence-corrected chi connectivity index (χ2v) is 17.5. The molecule has 2 amide bonds. The number of thioether (sulfide) groups is 2. The Balaban J connectivity index is 2.88. The number of guanidine groups is 1. The SMILES string of the molecule is CC[C@H](C)[C@@H]1NC(=O)CCC(=O)SCC[C@@H](C(=O)CN(C)[C@H](C=O)CCCN=C(N)N)NCC(=O)[C@H](CCCCNC(=O)CCOCCOCCCC(=O)CSC)CCC1=O. The summed E-state index contributed by atoms with van der Waals surface area (Å²) in [6.45, 7) is 5.77. The van der Waals surface area contributed by atoms with Crippen LogP contribution in [0.5, 0.6) is 0 Å². The molecule has 0 bridgehead atoms. The molecule has 0 aliphatic carbocycles. The highest BCUT2D eigenvalue weighted by molar-refractivity contribution is 8.13. The van der Waals surface area contributed by atoms with Gasteiger partial charge in [-0.05, 0) is 64.2 Å². The average Bonchev–Trinajstić information content (AvgIpc) is 3.22. The van der Waals surface area contributed by atoms with E-state index < -0.39 is 30.0 Å². The number of ether oxygens (including phenoxy) is 2. The Bertz CT molecular complexity index is 1400. The van der Waals surface area contributed by atoms with Crippen LogP contribution >= 0.6 is 23.5 Å². The van der Waals surface area contributed by atoms with E-state index in [0.29, 0.717) is 90.0 Å². The van der Waals surface area contributed by atoms with E-state index >= 15 is 0 Å². The highest BCUT2D eigenvalue weighted by Crippen LogP contribution is 2.21. The van der Waals surface area contributed by atoms with Crippen LogP contribution in [0.2, 0.25) is 0 Å². The van der Waals surface area contributed by atoms with Crippen LogP contribution in [0.3, 0.4) is 0 Å². The van der Waals surface area contributed by atoms with Gasteiger partial charge in [0.1, 0.15) is 17.9 Å². The standard InChI is InChI=1S/C42H73N7O10S2/c1-5-30(2)41-35(52)14-13-31(10-6-7-19-45-38(55)17-22-59-24-23-58-21-9-12-33(51)29-60-4)36(53)26-47-34(18-25-61-40(57)16-15-39(56)48-41)37(54)27-49(3)32(28-50)11-8-20-46-42(43)44/h28,30-32,34,41,47H,5-27,29H2,1-4H3,(H,45,55)(H,48,56)(H4,43,44,46)/t30-,31+,32-,34-,41-/m0/s1. The molecule has 0 aromatic heterocycles. The fraction of sp³-hybridized carbons (Fsp3) is 0.786. The minimum absolute atomic E-state index is 0.0256. The van der Waals surface area contributed by atoms with Crippen LogP contribution in [0.15, 0.2) is 4.99 Å². The molecule has 348 valence electrons. The van der Waals surface area contributed by atoms with Crippen molar-refractivity contribution < 1.29 is 47.8 Å². The highest BCUT2D eigenvalue weighted by atomic mass is 32.2. The molecule has 0 radical (unpaired) electrons. The molecule has 0 spiro atoms. The van der Waals surface area contributed by atoms with Crippen molar-refractivity contribution in [3.05, 3.63) is 0 Å². The second-order valence-electron chi connectivity index (χ2n) is 15.5. The third kappa shape index (κ3) is 26.8. The summed E-state index contributed by atoms with van der Waals surface area (Å²) >= 11 is 2.52. The zero-order valence-electron chi connectivity index (χ0n) is 36.9. The zero-order chi connectivity index (χ0) is 45.4. The molecule has 0 unspecified atom stereocenters. The molecule has 19 heteroatoms. The van der Waals surface area contributed by atoms with Gasteiger partial charge in [0.2, 0.25) is 11.8 Å². The van der Waals surface area contributed by atoms with E-state index in [1.165, 1.54) is 11.8 Å². The quantitative estimate of drug-likeness (QED) is 0.0326. The molecule has 61 heavy (non-hydrogen) atoms. The van der Waals surface area contributed by atoms with Gasteiger partial charge < -0.3 is 41.7 Å². The minimum Gasteiger partial charge on any atom is -0.379 e. The number of rotatable bonds is 28. The predicted molar refractivity (Wildman–Crippen MR) is 240 cm³/mol. The maximum atomic E-state index is 13.8. The first-order valence-electron chi connectivity index (χ1n) is 21.6. The number of carbonyl (C=O) groups is 8. The molecule has 1 saturated heterocycles. The van der Waals surface area contributed by atoms with Crippen LogP contribution in [0.1, 0.15) is 104 Å². The number of unbranched alkanes of at least 4 members (excludes halogenated alkanes) is 1. The van der Waals surface area contributed by atoms with Crippen LogP contribution in [0.25, 0.3) is 0 Å². The molecule has 1 rings (SSSR count). The fourth-order valence-corrected chi connectivity index (χ4v) is 7.87. The number of likely N-dealkylation sites (N-methyl/N-ethyl adjacent to an activating group) is 1. The summed E-state index contributed by atoms with van der Waals surface area (Å²) in [7, 11) is 1.67. The van der Waals surface area contributed by atoms with Gasteiger partial charge in [0.25, 0.3) is 0 Å².